The second-order valence-electron chi connectivity index (χ2n) is 3.26. The van der Waals surface area contributed by atoms with Crippen molar-refractivity contribution in [2.75, 3.05) is 6.61 Å². The van der Waals surface area contributed by atoms with E-state index in [-0.39, 0.29) is 12.7 Å². The van der Waals surface area contributed by atoms with Gasteiger partial charge >= 0.3 is 0 Å². The van der Waals surface area contributed by atoms with E-state index in [9.17, 15) is 0 Å². The lowest BCUT2D eigenvalue weighted by Crippen LogP contribution is -2.27. The van der Waals surface area contributed by atoms with Crippen LogP contribution in [0, 0.1) is 0 Å². The Morgan fingerprint density at radius 3 is 2.00 bits per heavy atom. The maximum absolute atomic E-state index is 8.98. The van der Waals surface area contributed by atoms with E-state index < -0.39 is 0 Å². The number of ether oxygens (including phenoxy) is 1. The van der Waals surface area contributed by atoms with Gasteiger partial charge in [0.15, 0.2) is 0 Å². The molecule has 2 atom stereocenters. The molecule has 1 N–H and O–H groups in total. The molecule has 0 spiro atoms. The zero-order valence-corrected chi connectivity index (χ0v) is 11.4. The van der Waals surface area contributed by atoms with Crippen molar-refractivity contribution < 1.29 is 9.84 Å². The third-order valence-corrected chi connectivity index (χ3v) is 2.24. The third-order valence-electron chi connectivity index (χ3n) is 2.24. The number of hydrogen-bond acceptors (Lipinski definition) is 2. The fraction of sp³-hybridized carbons (Fsp3) is 0.846. The van der Waals surface area contributed by atoms with E-state index >= 15 is 0 Å². The number of aliphatic hydroxyl groups excluding tert-OH is 1. The zero-order valence-electron chi connectivity index (χ0n) is 11.4. The van der Waals surface area contributed by atoms with Crippen LogP contribution in [0.2, 0.25) is 0 Å². The van der Waals surface area contributed by atoms with Crippen LogP contribution >= 0.6 is 0 Å². The Morgan fingerprint density at radius 1 is 1.20 bits per heavy atom. The highest BCUT2D eigenvalue weighted by Crippen LogP contribution is 2.24. The van der Waals surface area contributed by atoms with Crippen molar-refractivity contribution in [1.29, 1.82) is 0 Å². The quantitative estimate of drug-likeness (QED) is 0.679. The van der Waals surface area contributed by atoms with Crippen molar-refractivity contribution in [2.24, 2.45) is 0 Å². The van der Waals surface area contributed by atoms with Gasteiger partial charge in [0.25, 0.3) is 0 Å². The summed E-state index contributed by atoms with van der Waals surface area (Å²) in [5.41, 5.74) is 2.35. The van der Waals surface area contributed by atoms with Gasteiger partial charge in [-0.1, -0.05) is 33.3 Å². The summed E-state index contributed by atoms with van der Waals surface area (Å²) in [6.45, 7) is 14.3. The zero-order chi connectivity index (χ0) is 12.4. The van der Waals surface area contributed by atoms with Gasteiger partial charge in [0.2, 0.25) is 0 Å². The minimum atomic E-state index is 0.101. The van der Waals surface area contributed by atoms with Crippen molar-refractivity contribution in [1.82, 2.24) is 0 Å². The summed E-state index contributed by atoms with van der Waals surface area (Å²) in [6, 6.07) is 0. The fourth-order valence-electron chi connectivity index (χ4n) is 1.65. The summed E-state index contributed by atoms with van der Waals surface area (Å²) < 4.78 is 5.54. The van der Waals surface area contributed by atoms with Gasteiger partial charge in [-0.3, -0.25) is 0 Å². The van der Waals surface area contributed by atoms with Gasteiger partial charge in [-0.25, -0.2) is 0 Å². The smallest absolute Gasteiger partial charge is 0.0785 e. The van der Waals surface area contributed by atoms with Crippen molar-refractivity contribution in [3.05, 3.63) is 11.1 Å². The van der Waals surface area contributed by atoms with Gasteiger partial charge in [-0.15, -0.1) is 0 Å². The first-order valence-electron chi connectivity index (χ1n) is 6.10. The highest BCUT2D eigenvalue weighted by atomic mass is 16.5. The molecule has 0 radical (unpaired) electrons. The van der Waals surface area contributed by atoms with E-state index in [4.69, 9.17) is 9.84 Å². The van der Waals surface area contributed by atoms with E-state index in [1.165, 1.54) is 5.57 Å². The minimum Gasteiger partial charge on any atom is -0.392 e. The topological polar surface area (TPSA) is 29.5 Å². The number of aliphatic hydroxyl groups is 1. The summed E-state index contributed by atoms with van der Waals surface area (Å²) in [5, 5.41) is 8.98. The number of hydrogen-bond donors (Lipinski definition) is 1. The largest absolute Gasteiger partial charge is 0.392 e. The van der Waals surface area contributed by atoms with Gasteiger partial charge < -0.3 is 9.84 Å². The molecular formula is C13H28O2. The first-order valence-corrected chi connectivity index (χ1v) is 6.10. The molecule has 0 aromatic heterocycles. The summed E-state index contributed by atoms with van der Waals surface area (Å²) in [6.07, 6.45) is 1.37. The van der Waals surface area contributed by atoms with Crippen LogP contribution in [-0.2, 0) is 4.74 Å². The van der Waals surface area contributed by atoms with Crippen LogP contribution in [0.25, 0.3) is 0 Å². The molecule has 92 valence electrons. The average Bonchev–Trinajstić information content (AvgIpc) is 2.23. The molecule has 1 rings (SSSR count). The van der Waals surface area contributed by atoms with Crippen LogP contribution in [0.3, 0.4) is 0 Å². The SMILES string of the molecule is CC.CC.CC1=C(CO)C(C)OC(C)C1. The van der Waals surface area contributed by atoms with Crippen LogP contribution in [0.5, 0.6) is 0 Å². The van der Waals surface area contributed by atoms with E-state index in [1.807, 2.05) is 34.6 Å². The predicted molar refractivity (Wildman–Crippen MR) is 67.1 cm³/mol. The molecule has 0 saturated carbocycles. The summed E-state index contributed by atoms with van der Waals surface area (Å²) >= 11 is 0. The van der Waals surface area contributed by atoms with Crippen molar-refractivity contribution in [3.63, 3.8) is 0 Å². The minimum absolute atomic E-state index is 0.101. The van der Waals surface area contributed by atoms with Gasteiger partial charge in [-0.05, 0) is 32.8 Å². The molecule has 0 aliphatic carbocycles. The maximum Gasteiger partial charge on any atom is 0.0785 e. The third kappa shape index (κ3) is 5.95. The molecule has 1 aliphatic rings. The highest BCUT2D eigenvalue weighted by Gasteiger charge is 2.21. The van der Waals surface area contributed by atoms with Crippen molar-refractivity contribution in [2.45, 2.75) is 67.1 Å². The van der Waals surface area contributed by atoms with E-state index in [0.717, 1.165) is 12.0 Å². The molecule has 0 amide bonds. The van der Waals surface area contributed by atoms with Gasteiger partial charge in [0, 0.05) is 0 Å². The molecule has 0 aromatic carbocycles. The standard InChI is InChI=1S/C9H16O2.2C2H6/c1-6-4-7(2)11-8(3)9(6)5-10;2*1-2/h7-8,10H,4-5H2,1-3H3;2*1-2H3. The molecule has 2 heteroatoms. The Labute approximate surface area is 95.3 Å². The first kappa shape index (κ1) is 17.1. The Bertz CT molecular complexity index is 173. The Hall–Kier alpha value is -0.340. The maximum atomic E-state index is 8.98. The molecule has 1 aliphatic heterocycles. The normalized spacial score (nSPS) is 24.8. The molecule has 0 bridgehead atoms. The average molecular weight is 216 g/mol. The fourth-order valence-corrected chi connectivity index (χ4v) is 1.65. The molecule has 2 unspecified atom stereocenters. The van der Waals surface area contributed by atoms with E-state index in [1.54, 1.807) is 0 Å². The molecule has 1 heterocycles. The highest BCUT2D eigenvalue weighted by molar-refractivity contribution is 5.19. The van der Waals surface area contributed by atoms with Gasteiger partial charge in [0.1, 0.15) is 0 Å². The van der Waals surface area contributed by atoms with Crippen LogP contribution in [0.15, 0.2) is 11.1 Å². The van der Waals surface area contributed by atoms with Crippen LogP contribution in [-0.4, -0.2) is 23.9 Å². The summed E-state index contributed by atoms with van der Waals surface area (Å²) in [5.74, 6) is 0. The molecule has 0 fully saturated rings. The van der Waals surface area contributed by atoms with Gasteiger partial charge in [-0.2, -0.15) is 0 Å². The lowest BCUT2D eigenvalue weighted by molar-refractivity contribution is 0.0106. The molecule has 0 aromatic rings. The van der Waals surface area contributed by atoms with Gasteiger partial charge in [0.05, 0.1) is 18.8 Å². The van der Waals surface area contributed by atoms with E-state index in [2.05, 4.69) is 13.8 Å². The molecular weight excluding hydrogens is 188 g/mol. The van der Waals surface area contributed by atoms with Crippen LogP contribution in [0.1, 0.15) is 54.9 Å². The molecule has 15 heavy (non-hydrogen) atoms. The summed E-state index contributed by atoms with van der Waals surface area (Å²) in [7, 11) is 0. The Kier molecular flexibility index (Phi) is 11.6. The first-order chi connectivity index (χ1) is 7.15. The predicted octanol–water partition coefficient (Wildman–Crippen LogP) is 3.54. The van der Waals surface area contributed by atoms with Crippen molar-refractivity contribution in [3.8, 4) is 0 Å². The second kappa shape index (κ2) is 10.2. The monoisotopic (exact) mass is 216 g/mol. The Balaban J connectivity index is 0. The van der Waals surface area contributed by atoms with Crippen molar-refractivity contribution >= 4 is 0 Å². The van der Waals surface area contributed by atoms with E-state index in [0.29, 0.717) is 6.10 Å². The lowest BCUT2D eigenvalue weighted by atomic mass is 9.97. The molecule has 0 saturated heterocycles. The lowest BCUT2D eigenvalue weighted by Gasteiger charge is -2.28. The van der Waals surface area contributed by atoms with Crippen LogP contribution in [0.4, 0.5) is 0 Å². The summed E-state index contributed by atoms with van der Waals surface area (Å²) in [4.78, 5) is 0. The Morgan fingerprint density at radius 2 is 1.67 bits per heavy atom. The molecule has 2 nitrogen and oxygen atoms in total. The van der Waals surface area contributed by atoms with Crippen LogP contribution < -0.4 is 0 Å². The number of rotatable bonds is 1. The second-order valence-corrected chi connectivity index (χ2v) is 3.26.